The van der Waals surface area contributed by atoms with Gasteiger partial charge in [0.1, 0.15) is 12.1 Å². The highest BCUT2D eigenvalue weighted by Crippen LogP contribution is 2.38. The van der Waals surface area contributed by atoms with Gasteiger partial charge in [-0.25, -0.2) is 15.4 Å². The Kier molecular flexibility index (Phi) is 4.44. The number of nitrogens with one attached hydrogen (secondary N) is 2. The molecule has 0 saturated carbocycles. The lowest BCUT2D eigenvalue weighted by molar-refractivity contribution is -0.201. The number of rotatable bonds is 3. The zero-order valence-corrected chi connectivity index (χ0v) is 14.0. The van der Waals surface area contributed by atoms with Crippen molar-refractivity contribution in [2.24, 2.45) is 5.92 Å². The molecule has 2 unspecified atom stereocenters. The average molecular weight is 379 g/mol. The standard InChI is InChI=1S/C17H16F3N5O2/c18-17(19,20)15-12(6-23-24-16(15)26)25-7-10-2-1-3-13(11(10)8-25)27-14-4-5-21-9-22-14/h1-5,9,12,15,23H,6-8H2,(H,24,26). The van der Waals surface area contributed by atoms with Gasteiger partial charge in [0.15, 0.2) is 5.92 Å². The minimum Gasteiger partial charge on any atom is -0.439 e. The summed E-state index contributed by atoms with van der Waals surface area (Å²) in [7, 11) is 0. The molecule has 4 rings (SSSR count). The highest BCUT2D eigenvalue weighted by molar-refractivity contribution is 5.80. The largest absolute Gasteiger partial charge is 0.439 e. The fraction of sp³-hybridized carbons (Fsp3) is 0.353. The molecule has 0 radical (unpaired) electrons. The van der Waals surface area contributed by atoms with E-state index < -0.39 is 24.0 Å². The van der Waals surface area contributed by atoms with Crippen molar-refractivity contribution < 1.29 is 22.7 Å². The Morgan fingerprint density at radius 3 is 2.81 bits per heavy atom. The molecule has 2 aliphatic heterocycles. The van der Waals surface area contributed by atoms with Gasteiger partial charge in [0.2, 0.25) is 11.8 Å². The van der Waals surface area contributed by atoms with Crippen LogP contribution >= 0.6 is 0 Å². The number of hydrogen-bond donors (Lipinski definition) is 2. The van der Waals surface area contributed by atoms with Crippen LogP contribution in [0, 0.1) is 5.92 Å². The fourth-order valence-corrected chi connectivity index (χ4v) is 3.52. The summed E-state index contributed by atoms with van der Waals surface area (Å²) >= 11 is 0. The van der Waals surface area contributed by atoms with E-state index in [1.165, 1.54) is 12.5 Å². The van der Waals surface area contributed by atoms with Gasteiger partial charge in [-0.3, -0.25) is 15.1 Å². The monoisotopic (exact) mass is 379 g/mol. The Morgan fingerprint density at radius 1 is 1.22 bits per heavy atom. The first-order chi connectivity index (χ1) is 12.9. The van der Waals surface area contributed by atoms with E-state index in [4.69, 9.17) is 4.74 Å². The number of aromatic nitrogens is 2. The molecule has 142 valence electrons. The molecule has 2 aliphatic rings. The average Bonchev–Trinajstić information content (AvgIpc) is 3.06. The predicted octanol–water partition coefficient (Wildman–Crippen LogP) is 1.77. The van der Waals surface area contributed by atoms with Gasteiger partial charge >= 0.3 is 6.18 Å². The maximum atomic E-state index is 13.4. The maximum Gasteiger partial charge on any atom is 0.402 e. The Balaban J connectivity index is 1.59. The maximum absolute atomic E-state index is 13.4. The number of nitrogens with zero attached hydrogens (tertiary/aromatic N) is 3. The number of benzene rings is 1. The molecule has 10 heteroatoms. The Morgan fingerprint density at radius 2 is 2.07 bits per heavy atom. The summed E-state index contributed by atoms with van der Waals surface area (Å²) in [6, 6.07) is 5.98. The molecule has 1 amide bonds. The Bertz CT molecular complexity index is 846. The summed E-state index contributed by atoms with van der Waals surface area (Å²) in [6.07, 6.45) is -1.73. The van der Waals surface area contributed by atoms with E-state index in [-0.39, 0.29) is 13.1 Å². The lowest BCUT2D eigenvalue weighted by Gasteiger charge is -2.38. The van der Waals surface area contributed by atoms with E-state index in [1.54, 1.807) is 23.1 Å². The molecule has 27 heavy (non-hydrogen) atoms. The predicted molar refractivity (Wildman–Crippen MR) is 87.3 cm³/mol. The Hall–Kier alpha value is -2.72. The van der Waals surface area contributed by atoms with Crippen LogP contribution in [0.2, 0.25) is 0 Å². The second-order valence-corrected chi connectivity index (χ2v) is 6.41. The Labute approximate surface area is 152 Å². The van der Waals surface area contributed by atoms with Gasteiger partial charge in [0.05, 0.1) is 0 Å². The van der Waals surface area contributed by atoms with Gasteiger partial charge < -0.3 is 4.74 Å². The quantitative estimate of drug-likeness (QED) is 0.846. The van der Waals surface area contributed by atoms with Crippen molar-refractivity contribution in [1.82, 2.24) is 25.7 Å². The van der Waals surface area contributed by atoms with Crippen LogP contribution in [0.5, 0.6) is 11.6 Å². The molecule has 1 saturated heterocycles. The zero-order valence-electron chi connectivity index (χ0n) is 14.0. The van der Waals surface area contributed by atoms with Crippen molar-refractivity contribution in [3.05, 3.63) is 47.9 Å². The van der Waals surface area contributed by atoms with Crippen molar-refractivity contribution in [2.75, 3.05) is 6.54 Å². The highest BCUT2D eigenvalue weighted by atomic mass is 19.4. The molecule has 2 atom stereocenters. The number of amides is 1. The van der Waals surface area contributed by atoms with Crippen LogP contribution in [0.1, 0.15) is 11.1 Å². The number of hydrogen-bond acceptors (Lipinski definition) is 6. The van der Waals surface area contributed by atoms with Crippen LogP contribution in [0.3, 0.4) is 0 Å². The third-order valence-electron chi connectivity index (χ3n) is 4.75. The van der Waals surface area contributed by atoms with Gasteiger partial charge in [-0.1, -0.05) is 12.1 Å². The normalized spacial score (nSPS) is 23.0. The van der Waals surface area contributed by atoms with Crippen molar-refractivity contribution in [3.63, 3.8) is 0 Å². The number of fused-ring (bicyclic) bond motifs is 1. The van der Waals surface area contributed by atoms with E-state index in [2.05, 4.69) is 20.8 Å². The summed E-state index contributed by atoms with van der Waals surface area (Å²) in [5.41, 5.74) is 6.30. The lowest BCUT2D eigenvalue weighted by Crippen LogP contribution is -2.63. The van der Waals surface area contributed by atoms with Crippen molar-refractivity contribution in [1.29, 1.82) is 0 Å². The number of ether oxygens (including phenoxy) is 1. The molecule has 0 spiro atoms. The molecule has 2 aromatic rings. The number of hydrazine groups is 1. The van der Waals surface area contributed by atoms with E-state index in [0.29, 0.717) is 18.2 Å². The van der Waals surface area contributed by atoms with Gasteiger partial charge in [0.25, 0.3) is 0 Å². The van der Waals surface area contributed by atoms with Crippen molar-refractivity contribution >= 4 is 5.91 Å². The second kappa shape index (κ2) is 6.78. The highest BCUT2D eigenvalue weighted by Gasteiger charge is 2.53. The van der Waals surface area contributed by atoms with Crippen LogP contribution in [0.4, 0.5) is 13.2 Å². The summed E-state index contributed by atoms with van der Waals surface area (Å²) in [5, 5.41) is 0. The lowest BCUT2D eigenvalue weighted by atomic mass is 9.95. The first-order valence-corrected chi connectivity index (χ1v) is 8.31. The third-order valence-corrected chi connectivity index (χ3v) is 4.75. The minimum absolute atomic E-state index is 0.00596. The van der Waals surface area contributed by atoms with E-state index >= 15 is 0 Å². The number of alkyl halides is 3. The first-order valence-electron chi connectivity index (χ1n) is 8.31. The third kappa shape index (κ3) is 3.45. The van der Waals surface area contributed by atoms with E-state index in [0.717, 1.165) is 11.1 Å². The van der Waals surface area contributed by atoms with Crippen molar-refractivity contribution in [3.8, 4) is 11.6 Å². The summed E-state index contributed by atoms with van der Waals surface area (Å²) in [6.45, 7) is 0.567. The van der Waals surface area contributed by atoms with Crippen LogP contribution in [0.25, 0.3) is 0 Å². The molecule has 1 fully saturated rings. The smallest absolute Gasteiger partial charge is 0.402 e. The van der Waals surface area contributed by atoms with Gasteiger partial charge in [-0.2, -0.15) is 13.2 Å². The molecular weight excluding hydrogens is 363 g/mol. The van der Waals surface area contributed by atoms with E-state index in [1.807, 2.05) is 6.07 Å². The summed E-state index contributed by atoms with van der Waals surface area (Å²) < 4.78 is 46.1. The molecule has 0 bridgehead atoms. The van der Waals surface area contributed by atoms with Crippen LogP contribution in [-0.4, -0.2) is 39.5 Å². The zero-order chi connectivity index (χ0) is 19.0. The summed E-state index contributed by atoms with van der Waals surface area (Å²) in [4.78, 5) is 21.3. The number of halogens is 3. The topological polar surface area (TPSA) is 79.4 Å². The van der Waals surface area contributed by atoms with Crippen molar-refractivity contribution in [2.45, 2.75) is 25.3 Å². The molecule has 7 nitrogen and oxygen atoms in total. The van der Waals surface area contributed by atoms with Gasteiger partial charge in [0, 0.05) is 43.5 Å². The molecule has 1 aromatic heterocycles. The summed E-state index contributed by atoms with van der Waals surface area (Å²) in [5.74, 6) is -2.26. The molecule has 2 N–H and O–H groups in total. The molecule has 3 heterocycles. The van der Waals surface area contributed by atoms with Crippen LogP contribution in [0.15, 0.2) is 36.8 Å². The first kappa shape index (κ1) is 17.7. The van der Waals surface area contributed by atoms with Gasteiger partial charge in [-0.05, 0) is 11.6 Å². The number of carbonyl (C=O) groups is 1. The van der Waals surface area contributed by atoms with Crippen LogP contribution < -0.4 is 15.6 Å². The molecule has 0 aliphatic carbocycles. The fourth-order valence-electron chi connectivity index (χ4n) is 3.52. The SMILES string of the molecule is O=C1NNCC(N2Cc3cccc(Oc4ccncn4)c3C2)C1C(F)(F)F. The second-order valence-electron chi connectivity index (χ2n) is 6.41. The molecule has 1 aromatic carbocycles. The van der Waals surface area contributed by atoms with Crippen LogP contribution in [-0.2, 0) is 17.9 Å². The van der Waals surface area contributed by atoms with Gasteiger partial charge in [-0.15, -0.1) is 0 Å². The van der Waals surface area contributed by atoms with E-state index in [9.17, 15) is 18.0 Å². The minimum atomic E-state index is -4.62. The number of carbonyl (C=O) groups excluding carboxylic acids is 1. The molecular formula is C17H16F3N5O2.